The molecule has 2 aromatic carbocycles. The average molecular weight is 390 g/mol. The van der Waals surface area contributed by atoms with E-state index in [4.69, 9.17) is 9.47 Å². The number of ether oxygens (including phenoxy) is 2. The minimum Gasteiger partial charge on any atom is -0.496 e. The highest BCUT2D eigenvalue weighted by Gasteiger charge is 2.28. The molecule has 0 aromatic heterocycles. The normalized spacial score (nSPS) is 13.9. The molecule has 0 heterocycles. The van der Waals surface area contributed by atoms with Crippen molar-refractivity contribution in [3.63, 3.8) is 0 Å². The van der Waals surface area contributed by atoms with Gasteiger partial charge in [-0.2, -0.15) is 0 Å². The van der Waals surface area contributed by atoms with Gasteiger partial charge in [-0.05, 0) is 37.1 Å². The second-order valence-corrected chi connectivity index (χ2v) is 8.01. The molecule has 0 unspecified atom stereocenters. The van der Waals surface area contributed by atoms with E-state index in [-0.39, 0.29) is 23.3 Å². The van der Waals surface area contributed by atoms with Gasteiger partial charge in [-0.3, -0.25) is 4.79 Å². The zero-order chi connectivity index (χ0) is 19.4. The maximum atomic E-state index is 12.5. The van der Waals surface area contributed by atoms with Gasteiger partial charge in [0.2, 0.25) is 15.9 Å². The third-order valence-corrected chi connectivity index (χ3v) is 5.72. The van der Waals surface area contributed by atoms with E-state index in [0.717, 1.165) is 18.4 Å². The summed E-state index contributed by atoms with van der Waals surface area (Å²) in [4.78, 5) is 12.6. The number of sulfonamides is 1. The number of para-hydroxylation sites is 1. The van der Waals surface area contributed by atoms with Crippen LogP contribution in [0.15, 0.2) is 47.4 Å². The lowest BCUT2D eigenvalue weighted by molar-refractivity contribution is -0.115. The second kappa shape index (κ2) is 7.98. The van der Waals surface area contributed by atoms with Crippen molar-refractivity contribution in [2.75, 3.05) is 19.5 Å². The second-order valence-electron chi connectivity index (χ2n) is 6.29. The fourth-order valence-electron chi connectivity index (χ4n) is 2.66. The van der Waals surface area contributed by atoms with E-state index in [1.807, 2.05) is 12.1 Å². The van der Waals surface area contributed by atoms with Crippen LogP contribution in [0.3, 0.4) is 0 Å². The molecule has 2 aromatic rings. The van der Waals surface area contributed by atoms with Gasteiger partial charge in [-0.15, -0.1) is 0 Å². The molecule has 0 saturated heterocycles. The van der Waals surface area contributed by atoms with Crippen LogP contribution in [0.1, 0.15) is 18.4 Å². The van der Waals surface area contributed by atoms with Gasteiger partial charge in [0.25, 0.3) is 0 Å². The van der Waals surface area contributed by atoms with Crippen LogP contribution in [0.2, 0.25) is 0 Å². The number of nitrogens with one attached hydrogen (secondary N) is 2. The highest BCUT2D eigenvalue weighted by atomic mass is 32.2. The first-order valence-electron chi connectivity index (χ1n) is 8.55. The fourth-order valence-corrected chi connectivity index (χ4v) is 3.99. The third kappa shape index (κ3) is 4.78. The Bertz CT molecular complexity index is 939. The van der Waals surface area contributed by atoms with Crippen LogP contribution >= 0.6 is 0 Å². The van der Waals surface area contributed by atoms with Gasteiger partial charge in [0.05, 0.1) is 31.2 Å². The molecule has 1 amide bonds. The van der Waals surface area contributed by atoms with E-state index in [9.17, 15) is 13.2 Å². The number of hydrogen-bond acceptors (Lipinski definition) is 5. The SMILES string of the molecule is COc1ccccc1CC(=O)Nc1cc(S(=O)(=O)NC2CC2)ccc1OC. The minimum absolute atomic E-state index is 0.000637. The van der Waals surface area contributed by atoms with Gasteiger partial charge in [-0.25, -0.2) is 13.1 Å². The Kier molecular flexibility index (Phi) is 5.67. The highest BCUT2D eigenvalue weighted by Crippen LogP contribution is 2.29. The van der Waals surface area contributed by atoms with E-state index >= 15 is 0 Å². The summed E-state index contributed by atoms with van der Waals surface area (Å²) in [7, 11) is -0.624. The smallest absolute Gasteiger partial charge is 0.240 e. The first kappa shape index (κ1) is 19.2. The lowest BCUT2D eigenvalue weighted by atomic mass is 10.1. The molecule has 0 aliphatic heterocycles. The maximum absolute atomic E-state index is 12.5. The molecular weight excluding hydrogens is 368 g/mol. The Morgan fingerprint density at radius 1 is 1.07 bits per heavy atom. The van der Waals surface area contributed by atoms with Crippen molar-refractivity contribution in [1.29, 1.82) is 0 Å². The van der Waals surface area contributed by atoms with Crippen LogP contribution < -0.4 is 19.5 Å². The molecule has 1 saturated carbocycles. The Labute approximate surface area is 158 Å². The van der Waals surface area contributed by atoms with Crippen molar-refractivity contribution in [2.45, 2.75) is 30.2 Å². The molecule has 0 radical (unpaired) electrons. The Balaban J connectivity index is 1.80. The summed E-state index contributed by atoms with van der Waals surface area (Å²) in [6.07, 6.45) is 1.78. The third-order valence-electron chi connectivity index (χ3n) is 4.20. The van der Waals surface area contributed by atoms with Crippen LogP contribution in [-0.2, 0) is 21.2 Å². The maximum Gasteiger partial charge on any atom is 0.240 e. The first-order valence-corrected chi connectivity index (χ1v) is 10.0. The number of rotatable bonds is 8. The van der Waals surface area contributed by atoms with Crippen LogP contribution in [0, 0.1) is 0 Å². The summed E-state index contributed by atoms with van der Waals surface area (Å²) in [5, 5.41) is 2.73. The van der Waals surface area contributed by atoms with Crippen molar-refractivity contribution in [1.82, 2.24) is 4.72 Å². The van der Waals surface area contributed by atoms with E-state index in [1.54, 1.807) is 19.2 Å². The number of amides is 1. The summed E-state index contributed by atoms with van der Waals surface area (Å²) in [6, 6.07) is 11.6. The summed E-state index contributed by atoms with van der Waals surface area (Å²) >= 11 is 0. The molecule has 2 N–H and O–H groups in total. The number of carbonyl (C=O) groups is 1. The van der Waals surface area contributed by atoms with Gasteiger partial charge >= 0.3 is 0 Å². The predicted octanol–water partition coefficient (Wildman–Crippen LogP) is 2.33. The van der Waals surface area contributed by atoms with Crippen LogP contribution in [0.4, 0.5) is 5.69 Å². The molecule has 1 aliphatic rings. The van der Waals surface area contributed by atoms with Crippen molar-refractivity contribution in [2.24, 2.45) is 0 Å². The minimum atomic E-state index is -3.63. The molecule has 7 nitrogen and oxygen atoms in total. The number of hydrogen-bond donors (Lipinski definition) is 2. The molecule has 1 fully saturated rings. The molecule has 144 valence electrons. The molecular formula is C19H22N2O5S. The summed E-state index contributed by atoms with van der Waals surface area (Å²) in [5.41, 5.74) is 1.03. The largest absolute Gasteiger partial charge is 0.496 e. The standard InChI is InChI=1S/C19H22N2O5S/c1-25-17-6-4-3-5-13(17)11-19(22)20-16-12-15(9-10-18(16)26-2)27(23,24)21-14-7-8-14/h3-6,9-10,12,14,21H,7-8,11H2,1-2H3,(H,20,22). The quantitative estimate of drug-likeness (QED) is 0.722. The summed E-state index contributed by atoms with van der Waals surface area (Å²) < 4.78 is 38.0. The van der Waals surface area contributed by atoms with Crippen molar-refractivity contribution < 1.29 is 22.7 Å². The first-order chi connectivity index (χ1) is 12.9. The molecule has 3 rings (SSSR count). The molecule has 0 atom stereocenters. The van der Waals surface area contributed by atoms with Crippen LogP contribution in [0.25, 0.3) is 0 Å². The molecule has 0 bridgehead atoms. The van der Waals surface area contributed by atoms with Crippen molar-refractivity contribution >= 4 is 21.6 Å². The number of benzene rings is 2. The van der Waals surface area contributed by atoms with Crippen LogP contribution in [-0.4, -0.2) is 34.6 Å². The van der Waals surface area contributed by atoms with Crippen molar-refractivity contribution in [3.05, 3.63) is 48.0 Å². The molecule has 0 spiro atoms. The van der Waals surface area contributed by atoms with Crippen LogP contribution in [0.5, 0.6) is 11.5 Å². The van der Waals surface area contributed by atoms with Gasteiger partial charge in [0, 0.05) is 11.6 Å². The van der Waals surface area contributed by atoms with Crippen molar-refractivity contribution in [3.8, 4) is 11.5 Å². The highest BCUT2D eigenvalue weighted by molar-refractivity contribution is 7.89. The Hall–Kier alpha value is -2.58. The van der Waals surface area contributed by atoms with E-state index in [0.29, 0.717) is 17.2 Å². The number of methoxy groups -OCH3 is 2. The molecule has 8 heteroatoms. The summed E-state index contributed by atoms with van der Waals surface area (Å²) in [6.45, 7) is 0. The Morgan fingerprint density at radius 2 is 1.78 bits per heavy atom. The topological polar surface area (TPSA) is 93.7 Å². The van der Waals surface area contributed by atoms with E-state index in [2.05, 4.69) is 10.0 Å². The van der Waals surface area contributed by atoms with Gasteiger partial charge in [0.15, 0.2) is 0 Å². The summed E-state index contributed by atoms with van der Waals surface area (Å²) in [5.74, 6) is 0.695. The van der Waals surface area contributed by atoms with E-state index < -0.39 is 10.0 Å². The predicted molar refractivity (Wildman–Crippen MR) is 102 cm³/mol. The van der Waals surface area contributed by atoms with Gasteiger partial charge < -0.3 is 14.8 Å². The monoisotopic (exact) mass is 390 g/mol. The zero-order valence-corrected chi connectivity index (χ0v) is 16.0. The lowest BCUT2D eigenvalue weighted by Crippen LogP contribution is -2.26. The average Bonchev–Trinajstić information content (AvgIpc) is 3.45. The number of carbonyl (C=O) groups excluding carboxylic acids is 1. The zero-order valence-electron chi connectivity index (χ0n) is 15.2. The Morgan fingerprint density at radius 3 is 2.44 bits per heavy atom. The van der Waals surface area contributed by atoms with E-state index in [1.165, 1.54) is 25.3 Å². The lowest BCUT2D eigenvalue weighted by Gasteiger charge is -2.13. The molecule has 1 aliphatic carbocycles. The molecule has 27 heavy (non-hydrogen) atoms. The fraction of sp³-hybridized carbons (Fsp3) is 0.316. The number of anilines is 1. The van der Waals surface area contributed by atoms with Gasteiger partial charge in [0.1, 0.15) is 11.5 Å². The van der Waals surface area contributed by atoms with Gasteiger partial charge in [-0.1, -0.05) is 18.2 Å².